The molecule has 0 aliphatic heterocycles. The van der Waals surface area contributed by atoms with Gasteiger partial charge in [0.05, 0.1) is 13.2 Å². The van der Waals surface area contributed by atoms with Gasteiger partial charge in [0, 0.05) is 0 Å². The zero-order valence-electron chi connectivity index (χ0n) is 8.00. The first-order valence-corrected chi connectivity index (χ1v) is 5.14. The van der Waals surface area contributed by atoms with Crippen LogP contribution in [0.15, 0.2) is 0 Å². The van der Waals surface area contributed by atoms with Crippen LogP contribution in [-0.2, 0) is 9.36 Å². The second kappa shape index (κ2) is 9.55. The fraction of sp³-hybridized carbons (Fsp3) is 0.833. The number of aliphatic hydroxyl groups excluding tert-OH is 5. The van der Waals surface area contributed by atoms with E-state index in [1.54, 1.807) is 0 Å². The summed E-state index contributed by atoms with van der Waals surface area (Å²) in [6.45, 7) is -0.729. The van der Waals surface area contributed by atoms with E-state index in [1.807, 2.05) is 0 Å². The van der Waals surface area contributed by atoms with Crippen LogP contribution in [0.5, 0.6) is 0 Å². The maximum absolute atomic E-state index is 9.81. The number of carboxylic acid groups (broad SMARTS) is 1. The van der Waals surface area contributed by atoms with Crippen LogP contribution in [0.25, 0.3) is 0 Å². The molecule has 16 heavy (non-hydrogen) atoms. The molecule has 0 aromatic carbocycles. The molecule has 0 aliphatic rings. The Morgan fingerprint density at radius 3 is 1.62 bits per heavy atom. The van der Waals surface area contributed by atoms with Gasteiger partial charge in [-0.2, -0.15) is 0 Å². The Morgan fingerprint density at radius 2 is 1.56 bits per heavy atom. The first-order chi connectivity index (χ1) is 7.27. The normalized spacial score (nSPS) is 14.8. The fourth-order valence-corrected chi connectivity index (χ4v) is 0.659. The van der Waals surface area contributed by atoms with E-state index < -0.39 is 32.1 Å². The van der Waals surface area contributed by atoms with Gasteiger partial charge in [-0.25, -0.2) is 4.79 Å². The molecule has 9 nitrogen and oxygen atoms in total. The van der Waals surface area contributed by atoms with Crippen molar-refractivity contribution in [2.75, 3.05) is 13.2 Å². The molecule has 3 unspecified atom stereocenters. The van der Waals surface area contributed by atoms with Crippen LogP contribution < -0.4 is 4.89 Å². The van der Waals surface area contributed by atoms with Gasteiger partial charge in [0.25, 0.3) is 5.85 Å². The highest BCUT2D eigenvalue weighted by atomic mass is 31.1. The average Bonchev–Trinajstić information content (AvgIpc) is 2.26. The van der Waals surface area contributed by atoms with Crippen LogP contribution in [0.3, 0.4) is 0 Å². The Hall–Kier alpha value is -0.670. The molecule has 96 valence electrons. The second-order valence-electron chi connectivity index (χ2n) is 2.50. The Bertz CT molecular complexity index is 198. The number of rotatable bonds is 5. The quantitative estimate of drug-likeness (QED) is 0.270. The lowest BCUT2D eigenvalue weighted by Gasteiger charge is -2.03. The molecule has 0 amide bonds. The average molecular weight is 260 g/mol. The molecule has 10 heteroatoms. The summed E-state index contributed by atoms with van der Waals surface area (Å²) in [4.78, 5) is 19.6. The molecule has 0 saturated heterocycles. The number of hydrogen-bond acceptors (Lipinski definition) is 8. The van der Waals surface area contributed by atoms with Crippen LogP contribution >= 0.6 is 8.03 Å². The highest BCUT2D eigenvalue weighted by Crippen LogP contribution is 2.17. The molecule has 0 radical (unpaired) electrons. The van der Waals surface area contributed by atoms with Crippen LogP contribution in [-0.4, -0.2) is 67.9 Å². The maximum atomic E-state index is 9.81. The van der Waals surface area contributed by atoms with Gasteiger partial charge in [-0.05, 0) is 0 Å². The molecule has 0 fully saturated rings. The molecule has 0 aliphatic carbocycles. The standard InChI is InChI=1S/C3H5O6P.C3H8O3/c4-1(2(5)6)3(7)10(8)9;4-1-3(6)2-5/h1,3-4,7H,(H,5,6);3-6H,1-2H2. The number of carboxylic acids is 1. The first-order valence-electron chi connectivity index (χ1n) is 3.90. The van der Waals surface area contributed by atoms with Crippen molar-refractivity contribution in [3.05, 3.63) is 0 Å². The molecular weight excluding hydrogens is 247 g/mol. The Balaban J connectivity index is 0. The minimum Gasteiger partial charge on any atom is -0.593 e. The topological polar surface area (TPSA) is 179 Å². The predicted molar refractivity (Wildman–Crippen MR) is 47.4 cm³/mol. The fourth-order valence-electron chi connectivity index (χ4n) is 0.301. The van der Waals surface area contributed by atoms with Crippen molar-refractivity contribution in [1.29, 1.82) is 0 Å². The Labute approximate surface area is 91.1 Å². The van der Waals surface area contributed by atoms with Gasteiger partial charge in [0.2, 0.25) is 6.10 Å². The van der Waals surface area contributed by atoms with E-state index in [1.165, 1.54) is 0 Å². The van der Waals surface area contributed by atoms with E-state index in [2.05, 4.69) is 0 Å². The Kier molecular flexibility index (Phi) is 10.6. The lowest BCUT2D eigenvalue weighted by Crippen LogP contribution is -2.32. The summed E-state index contributed by atoms with van der Waals surface area (Å²) < 4.78 is 9.81. The third-order valence-electron chi connectivity index (χ3n) is 1.17. The summed E-state index contributed by atoms with van der Waals surface area (Å²) in [7, 11) is -3.31. The summed E-state index contributed by atoms with van der Waals surface area (Å²) >= 11 is 0. The monoisotopic (exact) mass is 260 g/mol. The first kappa shape index (κ1) is 17.7. The van der Waals surface area contributed by atoms with Gasteiger partial charge in [0.1, 0.15) is 6.10 Å². The van der Waals surface area contributed by atoms with Crippen molar-refractivity contribution < 1.29 is 44.9 Å². The second-order valence-corrected chi connectivity index (χ2v) is 3.60. The molecule has 6 N–H and O–H groups in total. The summed E-state index contributed by atoms with van der Waals surface area (Å²) in [5.74, 6) is -4.00. The van der Waals surface area contributed by atoms with Crippen LogP contribution in [0.2, 0.25) is 0 Å². The summed E-state index contributed by atoms with van der Waals surface area (Å²) in [5.41, 5.74) is 0. The lowest BCUT2D eigenvalue weighted by molar-refractivity contribution is -0.179. The van der Waals surface area contributed by atoms with E-state index in [0.717, 1.165) is 0 Å². The van der Waals surface area contributed by atoms with Crippen molar-refractivity contribution in [3.8, 4) is 0 Å². The molecule has 0 bridgehead atoms. The van der Waals surface area contributed by atoms with Crippen LogP contribution in [0.4, 0.5) is 0 Å². The van der Waals surface area contributed by atoms with E-state index in [-0.39, 0.29) is 13.2 Å². The predicted octanol–water partition coefficient (Wildman–Crippen LogP) is -3.82. The summed E-state index contributed by atoms with van der Waals surface area (Å²) in [6, 6.07) is 0. The maximum Gasteiger partial charge on any atom is 0.344 e. The van der Waals surface area contributed by atoms with E-state index in [4.69, 9.17) is 30.6 Å². The molecule has 0 aromatic rings. The van der Waals surface area contributed by atoms with Crippen molar-refractivity contribution >= 4 is 14.0 Å². The van der Waals surface area contributed by atoms with Gasteiger partial charge in [0.15, 0.2) is 0 Å². The van der Waals surface area contributed by atoms with E-state index in [9.17, 15) is 14.3 Å². The van der Waals surface area contributed by atoms with Crippen molar-refractivity contribution in [2.24, 2.45) is 0 Å². The SMILES string of the molecule is O=C(O)C(O)C(O)[P+](=O)[O-].OCC(O)CO. The molecular formula is C6H13O9P. The summed E-state index contributed by atoms with van der Waals surface area (Å²) in [5, 5.41) is 48.6. The van der Waals surface area contributed by atoms with Gasteiger partial charge in [-0.1, -0.05) is 4.57 Å². The van der Waals surface area contributed by atoms with Gasteiger partial charge in [-0.3, -0.25) is 0 Å². The number of aliphatic hydroxyl groups is 5. The molecule has 0 heterocycles. The third-order valence-corrected chi connectivity index (χ3v) is 1.89. The van der Waals surface area contributed by atoms with Gasteiger partial charge in [-0.15, -0.1) is 0 Å². The van der Waals surface area contributed by atoms with E-state index >= 15 is 0 Å². The molecule has 3 atom stereocenters. The minimum absolute atomic E-state index is 0.365. The largest absolute Gasteiger partial charge is 0.593 e. The zero-order chi connectivity index (χ0) is 13.3. The molecule has 0 saturated carbocycles. The van der Waals surface area contributed by atoms with Crippen molar-refractivity contribution in [3.63, 3.8) is 0 Å². The van der Waals surface area contributed by atoms with Gasteiger partial charge < -0.3 is 35.5 Å². The summed E-state index contributed by atoms with van der Waals surface area (Å²) in [6.07, 6.45) is -3.22. The number of carbonyl (C=O) groups is 1. The van der Waals surface area contributed by atoms with Crippen LogP contribution in [0.1, 0.15) is 0 Å². The van der Waals surface area contributed by atoms with Crippen molar-refractivity contribution in [1.82, 2.24) is 0 Å². The molecule has 0 rings (SSSR count). The smallest absolute Gasteiger partial charge is 0.344 e. The lowest BCUT2D eigenvalue weighted by atomic mass is 10.4. The molecule has 0 spiro atoms. The third kappa shape index (κ3) is 8.62. The van der Waals surface area contributed by atoms with Crippen LogP contribution in [0, 0.1) is 0 Å². The number of hydrogen-bond donors (Lipinski definition) is 6. The molecule has 0 aromatic heterocycles. The minimum atomic E-state index is -3.31. The Morgan fingerprint density at radius 1 is 1.19 bits per heavy atom. The number of aliphatic carboxylic acids is 1. The van der Waals surface area contributed by atoms with Gasteiger partial charge >= 0.3 is 14.0 Å². The highest BCUT2D eigenvalue weighted by molar-refractivity contribution is 7.37. The zero-order valence-corrected chi connectivity index (χ0v) is 8.90. The highest BCUT2D eigenvalue weighted by Gasteiger charge is 2.33. The van der Waals surface area contributed by atoms with E-state index in [0.29, 0.717) is 0 Å². The van der Waals surface area contributed by atoms with Crippen molar-refractivity contribution in [2.45, 2.75) is 18.1 Å².